The number of aromatic nitrogens is 2. The number of nitrogens with zero attached hydrogens (tertiary/aromatic N) is 2. The second-order valence-electron chi connectivity index (χ2n) is 6.94. The summed E-state index contributed by atoms with van der Waals surface area (Å²) in [4.78, 5) is 12.0. The summed E-state index contributed by atoms with van der Waals surface area (Å²) in [5.74, 6) is 1.00. The number of amides is 1. The first-order valence-corrected chi connectivity index (χ1v) is 9.13. The van der Waals surface area contributed by atoms with Crippen LogP contribution in [0, 0.1) is 5.92 Å². The van der Waals surface area contributed by atoms with Crippen LogP contribution in [0.5, 0.6) is 0 Å². The highest BCUT2D eigenvalue weighted by molar-refractivity contribution is 5.75. The summed E-state index contributed by atoms with van der Waals surface area (Å²) in [5.41, 5.74) is 2.80. The van der Waals surface area contributed by atoms with Crippen LogP contribution in [0.25, 0.3) is 0 Å². The first kappa shape index (κ1) is 15.6. The van der Waals surface area contributed by atoms with Crippen molar-refractivity contribution in [3.05, 3.63) is 17.5 Å². The smallest absolute Gasteiger partial charge is 0.220 e. The van der Waals surface area contributed by atoms with E-state index in [-0.39, 0.29) is 5.91 Å². The maximum Gasteiger partial charge on any atom is 0.220 e. The maximum atomic E-state index is 12.0. The lowest BCUT2D eigenvalue weighted by atomic mass is 9.86. The van der Waals surface area contributed by atoms with Gasteiger partial charge in [-0.1, -0.05) is 32.1 Å². The van der Waals surface area contributed by atoms with Crippen LogP contribution in [0.3, 0.4) is 0 Å². The number of aryl methyl sites for hydroxylation is 1. The van der Waals surface area contributed by atoms with Crippen molar-refractivity contribution in [2.24, 2.45) is 5.92 Å². The number of fused-ring (bicyclic) bond motifs is 1. The average molecular weight is 303 g/mol. The van der Waals surface area contributed by atoms with Crippen LogP contribution in [-0.4, -0.2) is 22.2 Å². The molecule has 0 radical (unpaired) electrons. The molecule has 4 nitrogen and oxygen atoms in total. The Morgan fingerprint density at radius 3 is 2.86 bits per heavy atom. The van der Waals surface area contributed by atoms with Gasteiger partial charge in [-0.15, -0.1) is 0 Å². The summed E-state index contributed by atoms with van der Waals surface area (Å²) in [6, 6.07) is 0. The van der Waals surface area contributed by atoms with Gasteiger partial charge in [0.2, 0.25) is 5.91 Å². The highest BCUT2D eigenvalue weighted by Crippen LogP contribution is 2.27. The highest BCUT2D eigenvalue weighted by atomic mass is 16.1. The molecule has 0 aliphatic heterocycles. The third kappa shape index (κ3) is 4.11. The molecule has 1 fully saturated rings. The predicted molar refractivity (Wildman–Crippen MR) is 87.7 cm³/mol. The molecule has 4 heteroatoms. The van der Waals surface area contributed by atoms with Crippen LogP contribution in [0.1, 0.15) is 69.0 Å². The summed E-state index contributed by atoms with van der Waals surface area (Å²) in [6.45, 7) is 1.52. The number of hydrogen-bond donors (Lipinski definition) is 1. The highest BCUT2D eigenvalue weighted by Gasteiger charge is 2.16. The second kappa shape index (κ2) is 7.80. The van der Waals surface area contributed by atoms with Gasteiger partial charge in [0.15, 0.2) is 0 Å². The number of carbonyl (C=O) groups is 1. The van der Waals surface area contributed by atoms with Crippen molar-refractivity contribution >= 4 is 5.91 Å². The summed E-state index contributed by atoms with van der Waals surface area (Å²) in [6.07, 6.45) is 15.4. The average Bonchev–Trinajstić information content (AvgIpc) is 2.97. The normalized spacial score (nSPS) is 18.9. The fourth-order valence-electron chi connectivity index (χ4n) is 3.95. The van der Waals surface area contributed by atoms with Crippen LogP contribution in [0.15, 0.2) is 6.20 Å². The maximum absolute atomic E-state index is 12.0. The van der Waals surface area contributed by atoms with Crippen LogP contribution >= 0.6 is 0 Å². The molecule has 1 saturated carbocycles. The SMILES string of the molecule is O=C(CCC1CCCCC1)NCCn1ncc2c1CCCC2. The topological polar surface area (TPSA) is 46.9 Å². The van der Waals surface area contributed by atoms with Gasteiger partial charge >= 0.3 is 0 Å². The number of hydrogen-bond acceptors (Lipinski definition) is 2. The van der Waals surface area contributed by atoms with Gasteiger partial charge < -0.3 is 5.32 Å². The molecule has 1 N–H and O–H groups in total. The molecule has 22 heavy (non-hydrogen) atoms. The van der Waals surface area contributed by atoms with Crippen molar-refractivity contribution in [3.63, 3.8) is 0 Å². The molecular formula is C18H29N3O. The van der Waals surface area contributed by atoms with Gasteiger partial charge in [0.25, 0.3) is 0 Å². The molecule has 2 aliphatic carbocycles. The molecule has 0 spiro atoms. The largest absolute Gasteiger partial charge is 0.354 e. The third-order valence-electron chi connectivity index (χ3n) is 5.30. The van der Waals surface area contributed by atoms with Crippen LogP contribution in [0.4, 0.5) is 0 Å². The number of rotatable bonds is 6. The molecule has 122 valence electrons. The quantitative estimate of drug-likeness (QED) is 0.877. The number of carbonyl (C=O) groups excluding carboxylic acids is 1. The Balaban J connectivity index is 1.35. The standard InChI is InChI=1S/C18H29N3O/c22-18(11-10-15-6-2-1-3-7-15)19-12-13-21-17-9-5-4-8-16(17)14-20-21/h14-15H,1-13H2,(H,19,22). The van der Waals surface area contributed by atoms with Crippen molar-refractivity contribution in [3.8, 4) is 0 Å². The molecule has 3 rings (SSSR count). The fourth-order valence-corrected chi connectivity index (χ4v) is 3.95. The van der Waals surface area contributed by atoms with E-state index in [1.54, 1.807) is 0 Å². The first-order chi connectivity index (χ1) is 10.8. The van der Waals surface area contributed by atoms with Crippen molar-refractivity contribution in [2.45, 2.75) is 77.2 Å². The zero-order chi connectivity index (χ0) is 15.2. The molecular weight excluding hydrogens is 274 g/mol. The van der Waals surface area contributed by atoms with E-state index in [4.69, 9.17) is 0 Å². The summed E-state index contributed by atoms with van der Waals surface area (Å²) in [5, 5.41) is 7.55. The van der Waals surface area contributed by atoms with Gasteiger partial charge in [0.05, 0.1) is 12.7 Å². The molecule has 2 aliphatic rings. The lowest BCUT2D eigenvalue weighted by Gasteiger charge is -2.21. The van der Waals surface area contributed by atoms with Gasteiger partial charge in [-0.3, -0.25) is 9.48 Å². The zero-order valence-corrected chi connectivity index (χ0v) is 13.6. The molecule has 0 unspecified atom stereocenters. The van der Waals surface area contributed by atoms with Crippen molar-refractivity contribution in [1.29, 1.82) is 0 Å². The summed E-state index contributed by atoms with van der Waals surface area (Å²) < 4.78 is 2.09. The lowest BCUT2D eigenvalue weighted by Crippen LogP contribution is -2.28. The molecule has 1 aromatic heterocycles. The Labute approximate surface area is 133 Å². The van der Waals surface area contributed by atoms with E-state index in [0.717, 1.165) is 25.3 Å². The minimum Gasteiger partial charge on any atom is -0.354 e. The monoisotopic (exact) mass is 303 g/mol. The molecule has 1 amide bonds. The fraction of sp³-hybridized carbons (Fsp3) is 0.778. The van der Waals surface area contributed by atoms with Crippen molar-refractivity contribution in [1.82, 2.24) is 15.1 Å². The second-order valence-corrected chi connectivity index (χ2v) is 6.94. The van der Waals surface area contributed by atoms with Crippen molar-refractivity contribution < 1.29 is 4.79 Å². The predicted octanol–water partition coefficient (Wildman–Crippen LogP) is 3.24. The minimum absolute atomic E-state index is 0.214. The Morgan fingerprint density at radius 2 is 2.00 bits per heavy atom. The van der Waals surface area contributed by atoms with Crippen LogP contribution < -0.4 is 5.32 Å². The Bertz CT molecular complexity index is 489. The number of nitrogens with one attached hydrogen (secondary N) is 1. The van der Waals surface area contributed by atoms with Gasteiger partial charge in [0.1, 0.15) is 0 Å². The molecule has 1 heterocycles. The minimum atomic E-state index is 0.214. The first-order valence-electron chi connectivity index (χ1n) is 9.13. The molecule has 0 aromatic carbocycles. The van der Waals surface area contributed by atoms with Crippen LogP contribution in [0.2, 0.25) is 0 Å². The van der Waals surface area contributed by atoms with E-state index < -0.39 is 0 Å². The molecule has 1 aromatic rings. The van der Waals surface area contributed by atoms with E-state index in [1.165, 1.54) is 62.6 Å². The Morgan fingerprint density at radius 1 is 1.18 bits per heavy atom. The van der Waals surface area contributed by atoms with Gasteiger partial charge in [-0.05, 0) is 43.6 Å². The van der Waals surface area contributed by atoms with Crippen molar-refractivity contribution in [2.75, 3.05) is 6.54 Å². The summed E-state index contributed by atoms with van der Waals surface area (Å²) >= 11 is 0. The van der Waals surface area contributed by atoms with Gasteiger partial charge in [0, 0.05) is 18.7 Å². The zero-order valence-electron chi connectivity index (χ0n) is 13.6. The van der Waals surface area contributed by atoms with E-state index >= 15 is 0 Å². The lowest BCUT2D eigenvalue weighted by molar-refractivity contribution is -0.121. The Hall–Kier alpha value is -1.32. The van der Waals surface area contributed by atoms with E-state index in [0.29, 0.717) is 13.0 Å². The summed E-state index contributed by atoms with van der Waals surface area (Å²) in [7, 11) is 0. The van der Waals surface area contributed by atoms with E-state index in [1.807, 2.05) is 6.20 Å². The van der Waals surface area contributed by atoms with Gasteiger partial charge in [-0.25, -0.2) is 0 Å². The third-order valence-corrected chi connectivity index (χ3v) is 5.30. The van der Waals surface area contributed by atoms with Crippen LogP contribution in [-0.2, 0) is 24.2 Å². The Kier molecular flexibility index (Phi) is 5.52. The van der Waals surface area contributed by atoms with E-state index in [9.17, 15) is 4.79 Å². The van der Waals surface area contributed by atoms with Gasteiger partial charge in [-0.2, -0.15) is 5.10 Å². The molecule has 0 atom stereocenters. The van der Waals surface area contributed by atoms with E-state index in [2.05, 4.69) is 15.1 Å². The molecule has 0 saturated heterocycles. The molecule has 0 bridgehead atoms.